The fraction of sp³-hybridized carbons (Fsp3) is 0.300. The summed E-state index contributed by atoms with van der Waals surface area (Å²) in [6.45, 7) is 1.85. The van der Waals surface area contributed by atoms with Crippen molar-refractivity contribution in [1.29, 1.82) is 0 Å². The van der Waals surface area contributed by atoms with Crippen molar-refractivity contribution in [2.75, 3.05) is 13.7 Å². The van der Waals surface area contributed by atoms with Crippen molar-refractivity contribution in [3.05, 3.63) is 63.5 Å². The lowest BCUT2D eigenvalue weighted by atomic mass is 10.1. The zero-order valence-corrected chi connectivity index (χ0v) is 17.4. The van der Waals surface area contributed by atoms with Crippen molar-refractivity contribution in [2.24, 2.45) is 0 Å². The molecule has 0 saturated heterocycles. The van der Waals surface area contributed by atoms with Gasteiger partial charge in [-0.25, -0.2) is 4.39 Å². The maximum atomic E-state index is 13.2. The quantitative estimate of drug-likeness (QED) is 0.585. The molecule has 0 unspecified atom stereocenters. The van der Waals surface area contributed by atoms with Gasteiger partial charge in [0.25, 0.3) is 5.91 Å². The highest BCUT2D eigenvalue weighted by Crippen LogP contribution is 2.16. The minimum absolute atomic E-state index is 0.185. The largest absolute Gasteiger partial charge is 0.484 e. The lowest BCUT2D eigenvalue weighted by molar-refractivity contribution is -0.142. The molecule has 27 heavy (non-hydrogen) atoms. The second-order valence-corrected chi connectivity index (χ2v) is 7.17. The zero-order valence-electron chi connectivity index (χ0n) is 15.2. The van der Waals surface area contributed by atoms with E-state index >= 15 is 0 Å². The third kappa shape index (κ3) is 6.20. The Hall–Kier alpha value is -2.16. The molecule has 0 aliphatic carbocycles. The Balaban J connectivity index is 2.15. The van der Waals surface area contributed by atoms with E-state index in [0.717, 1.165) is 9.13 Å². The minimum Gasteiger partial charge on any atom is -0.484 e. The Bertz CT molecular complexity index is 766. The number of benzene rings is 2. The summed E-state index contributed by atoms with van der Waals surface area (Å²) in [5, 5.41) is 2.59. The molecule has 144 valence electrons. The Morgan fingerprint density at radius 2 is 1.78 bits per heavy atom. The number of nitrogens with zero attached hydrogens (tertiary/aromatic N) is 1. The molecule has 0 radical (unpaired) electrons. The van der Waals surface area contributed by atoms with E-state index in [1.807, 2.05) is 19.1 Å². The first-order valence-corrected chi connectivity index (χ1v) is 9.66. The maximum absolute atomic E-state index is 13.2. The van der Waals surface area contributed by atoms with Gasteiger partial charge in [-0.05, 0) is 71.0 Å². The van der Waals surface area contributed by atoms with Crippen LogP contribution >= 0.6 is 22.6 Å². The van der Waals surface area contributed by atoms with Gasteiger partial charge < -0.3 is 15.0 Å². The van der Waals surface area contributed by atoms with Crippen molar-refractivity contribution in [1.82, 2.24) is 10.2 Å². The molecule has 0 heterocycles. The van der Waals surface area contributed by atoms with Gasteiger partial charge in [-0.3, -0.25) is 9.59 Å². The monoisotopic (exact) mass is 484 g/mol. The van der Waals surface area contributed by atoms with Crippen LogP contribution in [-0.4, -0.2) is 36.4 Å². The maximum Gasteiger partial charge on any atom is 0.261 e. The van der Waals surface area contributed by atoms with Crippen LogP contribution in [0, 0.1) is 9.39 Å². The van der Waals surface area contributed by atoms with Crippen LogP contribution in [0.15, 0.2) is 48.5 Å². The fourth-order valence-electron chi connectivity index (χ4n) is 2.63. The number of rotatable bonds is 8. The first-order chi connectivity index (χ1) is 12.9. The average Bonchev–Trinajstić information content (AvgIpc) is 2.68. The van der Waals surface area contributed by atoms with Crippen molar-refractivity contribution >= 4 is 34.4 Å². The number of halogens is 2. The van der Waals surface area contributed by atoms with Crippen molar-refractivity contribution in [3.8, 4) is 5.75 Å². The first-order valence-electron chi connectivity index (χ1n) is 8.58. The zero-order chi connectivity index (χ0) is 19.8. The van der Waals surface area contributed by atoms with Crippen LogP contribution in [0.5, 0.6) is 5.75 Å². The van der Waals surface area contributed by atoms with Crippen LogP contribution in [0.1, 0.15) is 18.9 Å². The summed E-state index contributed by atoms with van der Waals surface area (Å²) in [6, 6.07) is 12.6. The normalized spacial score (nSPS) is 11.6. The van der Waals surface area contributed by atoms with E-state index in [1.54, 1.807) is 24.3 Å². The third-order valence-electron chi connectivity index (χ3n) is 4.07. The van der Waals surface area contributed by atoms with Crippen LogP contribution in [-0.2, 0) is 16.1 Å². The minimum atomic E-state index is -0.632. The molecule has 0 aliphatic rings. The number of amides is 2. The molecule has 0 bridgehead atoms. The summed E-state index contributed by atoms with van der Waals surface area (Å²) < 4.78 is 19.8. The molecular formula is C20H22FIN2O3. The number of carbonyl (C=O) groups is 2. The highest BCUT2D eigenvalue weighted by Gasteiger charge is 2.28. The van der Waals surface area contributed by atoms with E-state index in [0.29, 0.717) is 12.2 Å². The van der Waals surface area contributed by atoms with Crippen molar-refractivity contribution in [3.63, 3.8) is 0 Å². The van der Waals surface area contributed by atoms with Gasteiger partial charge >= 0.3 is 0 Å². The fourth-order valence-corrected chi connectivity index (χ4v) is 2.99. The summed E-state index contributed by atoms with van der Waals surface area (Å²) in [5.74, 6) is -0.328. The van der Waals surface area contributed by atoms with Crippen LogP contribution in [0.4, 0.5) is 4.39 Å². The SMILES string of the molecule is CC[C@H](C(=O)NC)N(Cc1ccc(F)cc1)C(=O)COc1ccc(I)cc1. The van der Waals surface area contributed by atoms with E-state index in [-0.39, 0.29) is 30.8 Å². The topological polar surface area (TPSA) is 58.6 Å². The molecule has 2 aromatic rings. The van der Waals surface area contributed by atoms with Gasteiger partial charge in [-0.1, -0.05) is 19.1 Å². The molecule has 2 amide bonds. The number of carbonyl (C=O) groups excluding carboxylic acids is 2. The predicted molar refractivity (Wildman–Crippen MR) is 110 cm³/mol. The second-order valence-electron chi connectivity index (χ2n) is 5.93. The summed E-state index contributed by atoms with van der Waals surface area (Å²) in [5.41, 5.74) is 0.737. The van der Waals surface area contributed by atoms with E-state index in [9.17, 15) is 14.0 Å². The molecule has 2 rings (SSSR count). The number of nitrogens with one attached hydrogen (secondary N) is 1. The third-order valence-corrected chi connectivity index (χ3v) is 4.79. The van der Waals surface area contributed by atoms with Gasteiger partial charge in [0, 0.05) is 17.2 Å². The average molecular weight is 484 g/mol. The molecule has 0 aromatic heterocycles. The van der Waals surface area contributed by atoms with Crippen LogP contribution in [0.3, 0.4) is 0 Å². The molecule has 1 N–H and O–H groups in total. The van der Waals surface area contributed by atoms with Gasteiger partial charge in [0.15, 0.2) is 6.61 Å². The van der Waals surface area contributed by atoms with Crippen LogP contribution in [0.2, 0.25) is 0 Å². The Morgan fingerprint density at radius 3 is 2.33 bits per heavy atom. The number of hydrogen-bond donors (Lipinski definition) is 1. The number of likely N-dealkylation sites (N-methyl/N-ethyl adjacent to an activating group) is 1. The summed E-state index contributed by atoms with van der Waals surface area (Å²) in [6.07, 6.45) is 0.455. The molecular weight excluding hydrogens is 462 g/mol. The smallest absolute Gasteiger partial charge is 0.261 e. The van der Waals surface area contributed by atoms with Crippen LogP contribution in [0.25, 0.3) is 0 Å². The summed E-state index contributed by atoms with van der Waals surface area (Å²) in [7, 11) is 1.54. The standard InChI is InChI=1S/C20H22FIN2O3/c1-3-18(20(26)23-2)24(12-14-4-6-15(21)7-5-14)19(25)13-27-17-10-8-16(22)9-11-17/h4-11,18H,3,12-13H2,1-2H3,(H,23,26)/t18-/m1/s1. The lowest BCUT2D eigenvalue weighted by Crippen LogP contribution is -2.49. The van der Waals surface area contributed by atoms with Gasteiger partial charge in [0.05, 0.1) is 0 Å². The number of ether oxygens (including phenoxy) is 1. The molecule has 0 fully saturated rings. The van der Waals surface area contributed by atoms with E-state index in [1.165, 1.54) is 24.1 Å². The summed E-state index contributed by atoms with van der Waals surface area (Å²) in [4.78, 5) is 26.5. The van der Waals surface area contributed by atoms with E-state index in [2.05, 4.69) is 27.9 Å². The van der Waals surface area contributed by atoms with Gasteiger partial charge in [-0.2, -0.15) is 0 Å². The molecule has 5 nitrogen and oxygen atoms in total. The lowest BCUT2D eigenvalue weighted by Gasteiger charge is -2.30. The second kappa shape index (κ2) is 10.2. The molecule has 0 spiro atoms. The Kier molecular flexibility index (Phi) is 8.02. The summed E-state index contributed by atoms with van der Waals surface area (Å²) >= 11 is 2.19. The highest BCUT2D eigenvalue weighted by molar-refractivity contribution is 14.1. The Labute approximate surface area is 172 Å². The molecule has 0 aliphatic heterocycles. The molecule has 2 aromatic carbocycles. The molecule has 0 saturated carbocycles. The van der Waals surface area contributed by atoms with Gasteiger partial charge in [0.1, 0.15) is 17.6 Å². The van der Waals surface area contributed by atoms with Gasteiger partial charge in [0.2, 0.25) is 5.91 Å². The Morgan fingerprint density at radius 1 is 1.15 bits per heavy atom. The van der Waals surface area contributed by atoms with E-state index in [4.69, 9.17) is 4.74 Å². The molecule has 7 heteroatoms. The number of hydrogen-bond acceptors (Lipinski definition) is 3. The van der Waals surface area contributed by atoms with Gasteiger partial charge in [-0.15, -0.1) is 0 Å². The van der Waals surface area contributed by atoms with Crippen molar-refractivity contribution in [2.45, 2.75) is 25.9 Å². The van der Waals surface area contributed by atoms with Crippen molar-refractivity contribution < 1.29 is 18.7 Å². The van der Waals surface area contributed by atoms with E-state index < -0.39 is 6.04 Å². The predicted octanol–water partition coefficient (Wildman–Crippen LogP) is 3.36. The highest BCUT2D eigenvalue weighted by atomic mass is 127. The first kappa shape index (κ1) is 21.1. The van der Waals surface area contributed by atoms with Crippen LogP contribution < -0.4 is 10.1 Å². The molecule has 1 atom stereocenters.